The summed E-state index contributed by atoms with van der Waals surface area (Å²) >= 11 is 0. The summed E-state index contributed by atoms with van der Waals surface area (Å²) in [5.74, 6) is 0.248. The second kappa shape index (κ2) is 7.45. The SMILES string of the molecule is Cc1ccc(S(=O)(=O)O)c(CCN(C)C(=O)C2CCCCC2)c1. The molecule has 1 amide bonds. The summed E-state index contributed by atoms with van der Waals surface area (Å²) in [7, 11) is -2.48. The highest BCUT2D eigenvalue weighted by Gasteiger charge is 2.24. The highest BCUT2D eigenvalue weighted by atomic mass is 32.2. The largest absolute Gasteiger partial charge is 0.345 e. The fourth-order valence-electron chi connectivity index (χ4n) is 3.21. The second-order valence-corrected chi connectivity index (χ2v) is 7.82. The van der Waals surface area contributed by atoms with E-state index in [0.29, 0.717) is 18.5 Å². The summed E-state index contributed by atoms with van der Waals surface area (Å²) in [4.78, 5) is 14.0. The summed E-state index contributed by atoms with van der Waals surface area (Å²) in [6, 6.07) is 4.83. The molecule has 1 aromatic rings. The van der Waals surface area contributed by atoms with Gasteiger partial charge in [0.15, 0.2) is 0 Å². The quantitative estimate of drug-likeness (QED) is 0.837. The summed E-state index contributed by atoms with van der Waals surface area (Å²) < 4.78 is 32.3. The van der Waals surface area contributed by atoms with Crippen LogP contribution in [0.5, 0.6) is 0 Å². The van der Waals surface area contributed by atoms with E-state index in [9.17, 15) is 17.8 Å². The van der Waals surface area contributed by atoms with Crippen LogP contribution in [0.25, 0.3) is 0 Å². The van der Waals surface area contributed by atoms with Crippen molar-refractivity contribution in [2.75, 3.05) is 13.6 Å². The van der Waals surface area contributed by atoms with Gasteiger partial charge in [-0.3, -0.25) is 9.35 Å². The zero-order valence-electron chi connectivity index (χ0n) is 13.8. The summed E-state index contributed by atoms with van der Waals surface area (Å²) in [5.41, 5.74) is 1.48. The van der Waals surface area contributed by atoms with Crippen molar-refractivity contribution in [1.82, 2.24) is 4.90 Å². The lowest BCUT2D eigenvalue weighted by molar-refractivity contribution is -0.135. The van der Waals surface area contributed by atoms with Crippen LogP contribution in [0.3, 0.4) is 0 Å². The van der Waals surface area contributed by atoms with Gasteiger partial charge in [0.05, 0.1) is 4.90 Å². The molecule has 1 saturated carbocycles. The molecule has 0 radical (unpaired) electrons. The van der Waals surface area contributed by atoms with Crippen molar-refractivity contribution < 1.29 is 17.8 Å². The molecule has 6 heteroatoms. The van der Waals surface area contributed by atoms with Crippen molar-refractivity contribution in [3.8, 4) is 0 Å². The molecule has 0 aromatic heterocycles. The molecule has 0 spiro atoms. The van der Waals surface area contributed by atoms with E-state index in [1.165, 1.54) is 12.5 Å². The predicted molar refractivity (Wildman–Crippen MR) is 88.9 cm³/mol. The van der Waals surface area contributed by atoms with E-state index in [4.69, 9.17) is 0 Å². The Hall–Kier alpha value is -1.40. The third-order valence-electron chi connectivity index (χ3n) is 4.54. The highest BCUT2D eigenvalue weighted by molar-refractivity contribution is 7.85. The van der Waals surface area contributed by atoms with Crippen LogP contribution < -0.4 is 0 Å². The van der Waals surface area contributed by atoms with Gasteiger partial charge in [0, 0.05) is 19.5 Å². The number of hydrogen-bond acceptors (Lipinski definition) is 3. The predicted octanol–water partition coefficient (Wildman–Crippen LogP) is 2.82. The molecular weight excluding hydrogens is 314 g/mol. The van der Waals surface area contributed by atoms with Crippen LogP contribution >= 0.6 is 0 Å². The Kier molecular flexibility index (Phi) is 5.81. The van der Waals surface area contributed by atoms with E-state index in [1.54, 1.807) is 24.1 Å². The van der Waals surface area contributed by atoms with Crippen molar-refractivity contribution in [2.45, 2.75) is 50.3 Å². The normalized spacial score (nSPS) is 16.3. The number of rotatable bonds is 5. The number of amides is 1. The molecule has 5 nitrogen and oxygen atoms in total. The molecule has 1 aliphatic rings. The van der Waals surface area contributed by atoms with Crippen LogP contribution in [0.1, 0.15) is 43.2 Å². The minimum atomic E-state index is -4.24. The number of benzene rings is 1. The standard InChI is InChI=1S/C17H25NO4S/c1-13-8-9-16(23(20,21)22)15(12-13)10-11-18(2)17(19)14-6-4-3-5-7-14/h8-9,12,14H,3-7,10-11H2,1-2H3,(H,20,21,22). The molecule has 23 heavy (non-hydrogen) atoms. The number of likely N-dealkylation sites (N-methyl/N-ethyl adjacent to an activating group) is 1. The van der Waals surface area contributed by atoms with E-state index in [-0.39, 0.29) is 16.7 Å². The van der Waals surface area contributed by atoms with Crippen LogP contribution in [-0.4, -0.2) is 37.4 Å². The van der Waals surface area contributed by atoms with Crippen molar-refractivity contribution in [3.63, 3.8) is 0 Å². The number of aryl methyl sites for hydroxylation is 1. The van der Waals surface area contributed by atoms with Gasteiger partial charge in [0.25, 0.3) is 10.1 Å². The summed E-state index contributed by atoms with van der Waals surface area (Å²) in [6.45, 7) is 2.31. The van der Waals surface area contributed by atoms with Crippen molar-refractivity contribution >= 4 is 16.0 Å². The van der Waals surface area contributed by atoms with Gasteiger partial charge >= 0.3 is 0 Å². The van der Waals surface area contributed by atoms with E-state index in [1.807, 2.05) is 6.92 Å². The van der Waals surface area contributed by atoms with E-state index in [0.717, 1.165) is 31.2 Å². The Morgan fingerprint density at radius 3 is 2.52 bits per heavy atom. The second-order valence-electron chi connectivity index (χ2n) is 6.43. The van der Waals surface area contributed by atoms with Crippen molar-refractivity contribution in [2.24, 2.45) is 5.92 Å². The summed E-state index contributed by atoms with van der Waals surface area (Å²) in [6.07, 6.45) is 5.72. The molecule has 1 fully saturated rings. The average Bonchev–Trinajstić information content (AvgIpc) is 2.51. The molecule has 0 heterocycles. The number of carbonyl (C=O) groups is 1. The molecule has 0 bridgehead atoms. The average molecular weight is 339 g/mol. The Labute approximate surface area is 138 Å². The Morgan fingerprint density at radius 2 is 1.91 bits per heavy atom. The van der Waals surface area contributed by atoms with Crippen LogP contribution in [0.2, 0.25) is 0 Å². The van der Waals surface area contributed by atoms with Gasteiger partial charge < -0.3 is 4.90 Å². The number of nitrogens with zero attached hydrogens (tertiary/aromatic N) is 1. The molecular formula is C17H25NO4S. The van der Waals surface area contributed by atoms with E-state index < -0.39 is 10.1 Å². The molecule has 0 saturated heterocycles. The first-order valence-corrected chi connectivity index (χ1v) is 9.55. The molecule has 1 aliphatic carbocycles. The van der Waals surface area contributed by atoms with Gasteiger partial charge in [-0.05, 0) is 37.8 Å². The lowest BCUT2D eigenvalue weighted by atomic mass is 9.88. The zero-order valence-corrected chi connectivity index (χ0v) is 14.6. The van der Waals surface area contributed by atoms with Gasteiger partial charge in [0.1, 0.15) is 0 Å². The number of carbonyl (C=O) groups excluding carboxylic acids is 1. The first-order chi connectivity index (χ1) is 10.8. The maximum absolute atomic E-state index is 12.4. The summed E-state index contributed by atoms with van der Waals surface area (Å²) in [5, 5.41) is 0. The van der Waals surface area contributed by atoms with E-state index >= 15 is 0 Å². The molecule has 128 valence electrons. The lowest BCUT2D eigenvalue weighted by Crippen LogP contribution is -2.35. The van der Waals surface area contributed by atoms with Crippen LogP contribution in [0.4, 0.5) is 0 Å². The third-order valence-corrected chi connectivity index (χ3v) is 5.50. The molecule has 1 aromatic carbocycles. The third kappa shape index (κ3) is 4.78. The topological polar surface area (TPSA) is 74.7 Å². The van der Waals surface area contributed by atoms with Crippen molar-refractivity contribution in [3.05, 3.63) is 29.3 Å². The minimum Gasteiger partial charge on any atom is -0.345 e. The van der Waals surface area contributed by atoms with Gasteiger partial charge in [-0.15, -0.1) is 0 Å². The maximum Gasteiger partial charge on any atom is 0.294 e. The van der Waals surface area contributed by atoms with Crippen LogP contribution in [0, 0.1) is 12.8 Å². The van der Waals surface area contributed by atoms with E-state index in [2.05, 4.69) is 0 Å². The zero-order chi connectivity index (χ0) is 17.0. The Morgan fingerprint density at radius 1 is 1.26 bits per heavy atom. The van der Waals surface area contributed by atoms with Crippen LogP contribution in [-0.2, 0) is 21.3 Å². The fraction of sp³-hybridized carbons (Fsp3) is 0.588. The first kappa shape index (κ1) is 17.9. The molecule has 1 N–H and O–H groups in total. The Balaban J connectivity index is 2.05. The lowest BCUT2D eigenvalue weighted by Gasteiger charge is -2.26. The van der Waals surface area contributed by atoms with Crippen molar-refractivity contribution in [1.29, 1.82) is 0 Å². The molecule has 0 unspecified atom stereocenters. The van der Waals surface area contributed by atoms with Gasteiger partial charge in [-0.25, -0.2) is 0 Å². The Bertz CT molecular complexity index is 663. The molecule has 2 rings (SSSR count). The number of hydrogen-bond donors (Lipinski definition) is 1. The smallest absolute Gasteiger partial charge is 0.294 e. The van der Waals surface area contributed by atoms with Crippen LogP contribution in [0.15, 0.2) is 23.1 Å². The molecule has 0 atom stereocenters. The first-order valence-electron chi connectivity index (χ1n) is 8.11. The van der Waals surface area contributed by atoms with Gasteiger partial charge in [-0.1, -0.05) is 37.0 Å². The maximum atomic E-state index is 12.4. The highest BCUT2D eigenvalue weighted by Crippen LogP contribution is 2.25. The monoisotopic (exact) mass is 339 g/mol. The minimum absolute atomic E-state index is 0.0679. The van der Waals surface area contributed by atoms with Gasteiger partial charge in [-0.2, -0.15) is 8.42 Å². The fourth-order valence-corrected chi connectivity index (χ4v) is 3.95. The van der Waals surface area contributed by atoms with Gasteiger partial charge in [0.2, 0.25) is 5.91 Å². The molecule has 0 aliphatic heterocycles.